The second-order valence-corrected chi connectivity index (χ2v) is 9.52. The molecule has 9 heteroatoms. The molecule has 3 heterocycles. The Balaban J connectivity index is 1.54. The number of nitrogens with zero attached hydrogens (tertiary/aromatic N) is 3. The number of carbonyl (C=O) groups excluding carboxylic acids is 2. The molecule has 1 aliphatic rings. The van der Waals surface area contributed by atoms with Crippen LogP contribution in [0.15, 0.2) is 48.1 Å². The lowest BCUT2D eigenvalue weighted by atomic mass is 9.98. The van der Waals surface area contributed by atoms with Gasteiger partial charge < -0.3 is 9.30 Å². The maximum Gasteiger partial charge on any atom is 0.309 e. The Morgan fingerprint density at radius 3 is 2.61 bits per heavy atom. The first kappa shape index (κ1) is 22.9. The van der Waals surface area contributed by atoms with Crippen molar-refractivity contribution in [3.05, 3.63) is 60.2 Å². The van der Waals surface area contributed by atoms with Crippen LogP contribution in [0.4, 0.5) is 0 Å². The third kappa shape index (κ3) is 4.94. The molecule has 2 aromatic heterocycles. The van der Waals surface area contributed by atoms with Crippen LogP contribution in [-0.4, -0.2) is 53.7 Å². The van der Waals surface area contributed by atoms with E-state index in [0.717, 1.165) is 11.4 Å². The van der Waals surface area contributed by atoms with Gasteiger partial charge in [0.15, 0.2) is 6.61 Å². The maximum atomic E-state index is 12.7. The molecule has 1 fully saturated rings. The zero-order chi connectivity index (χ0) is 22.6. The standard InChI is InChI=1S/C22H27N3O5S/c1-4-10-25-16(2)13-20(17(25)3)21(26)15-30-22(27)18-7-11-24(12-8-18)31(28,29)19-6-5-9-23-14-19/h4-6,9,13-14,18H,1,7-8,10-12,15H2,2-3H3. The molecular weight excluding hydrogens is 418 g/mol. The summed E-state index contributed by atoms with van der Waals surface area (Å²) in [7, 11) is -3.63. The normalized spacial score (nSPS) is 15.5. The van der Waals surface area contributed by atoms with Crippen LogP contribution in [0.25, 0.3) is 0 Å². The van der Waals surface area contributed by atoms with Crippen LogP contribution in [-0.2, 0) is 26.1 Å². The largest absolute Gasteiger partial charge is 0.457 e. The Morgan fingerprint density at radius 1 is 1.29 bits per heavy atom. The fourth-order valence-corrected chi connectivity index (χ4v) is 5.24. The van der Waals surface area contributed by atoms with Crippen LogP contribution >= 0.6 is 0 Å². The van der Waals surface area contributed by atoms with Crippen LogP contribution in [0, 0.1) is 19.8 Å². The Bertz CT molecular complexity index is 1070. The van der Waals surface area contributed by atoms with E-state index in [-0.39, 0.29) is 30.4 Å². The summed E-state index contributed by atoms with van der Waals surface area (Å²) in [5.74, 6) is -1.15. The van der Waals surface area contributed by atoms with E-state index in [0.29, 0.717) is 24.9 Å². The third-order valence-corrected chi connectivity index (χ3v) is 7.47. The highest BCUT2D eigenvalue weighted by Gasteiger charge is 2.33. The summed E-state index contributed by atoms with van der Waals surface area (Å²) in [6, 6.07) is 4.86. The molecule has 31 heavy (non-hydrogen) atoms. The van der Waals surface area contributed by atoms with Gasteiger partial charge in [0.1, 0.15) is 4.90 Å². The van der Waals surface area contributed by atoms with E-state index < -0.39 is 21.9 Å². The molecule has 0 radical (unpaired) electrons. The molecule has 0 bridgehead atoms. The molecule has 0 spiro atoms. The van der Waals surface area contributed by atoms with Crippen molar-refractivity contribution in [1.82, 2.24) is 13.9 Å². The topological polar surface area (TPSA) is 98.6 Å². The van der Waals surface area contributed by atoms with E-state index in [9.17, 15) is 18.0 Å². The highest BCUT2D eigenvalue weighted by molar-refractivity contribution is 7.89. The first-order chi connectivity index (χ1) is 14.8. The quantitative estimate of drug-likeness (QED) is 0.352. The van der Waals surface area contributed by atoms with E-state index in [1.54, 1.807) is 18.2 Å². The van der Waals surface area contributed by atoms with Gasteiger partial charge >= 0.3 is 5.97 Å². The number of hydrogen-bond donors (Lipinski definition) is 0. The zero-order valence-corrected chi connectivity index (χ0v) is 18.6. The molecule has 3 rings (SSSR count). The Hall–Kier alpha value is -2.78. The predicted octanol–water partition coefficient (Wildman–Crippen LogP) is 2.51. The summed E-state index contributed by atoms with van der Waals surface area (Å²) in [6.07, 6.45) is 5.28. The minimum Gasteiger partial charge on any atom is -0.457 e. The first-order valence-electron chi connectivity index (χ1n) is 10.1. The molecule has 2 aromatic rings. The van der Waals surface area contributed by atoms with Gasteiger partial charge in [-0.3, -0.25) is 14.6 Å². The van der Waals surface area contributed by atoms with Gasteiger partial charge in [-0.15, -0.1) is 6.58 Å². The monoisotopic (exact) mass is 445 g/mol. The number of pyridine rings is 1. The average Bonchev–Trinajstić information content (AvgIpc) is 3.06. The summed E-state index contributed by atoms with van der Waals surface area (Å²) < 4.78 is 33.9. The number of ketones is 1. The zero-order valence-electron chi connectivity index (χ0n) is 17.8. The number of hydrogen-bond acceptors (Lipinski definition) is 6. The lowest BCUT2D eigenvalue weighted by molar-refractivity contribution is -0.148. The molecule has 0 N–H and O–H groups in total. The molecule has 1 aliphatic heterocycles. The number of esters is 1. The molecule has 0 unspecified atom stereocenters. The van der Waals surface area contributed by atoms with Gasteiger partial charge in [0, 0.05) is 49.0 Å². The summed E-state index contributed by atoms with van der Waals surface area (Å²) in [5.41, 5.74) is 2.28. The van der Waals surface area contributed by atoms with Crippen molar-refractivity contribution in [1.29, 1.82) is 0 Å². The Labute approximate surface area is 182 Å². The number of rotatable bonds is 8. The average molecular weight is 446 g/mol. The number of aryl methyl sites for hydroxylation is 1. The number of carbonyl (C=O) groups is 2. The molecule has 8 nitrogen and oxygen atoms in total. The van der Waals surface area contributed by atoms with Crippen LogP contribution in [0.3, 0.4) is 0 Å². The van der Waals surface area contributed by atoms with Gasteiger partial charge in [-0.25, -0.2) is 8.42 Å². The van der Waals surface area contributed by atoms with E-state index in [1.807, 2.05) is 18.4 Å². The van der Waals surface area contributed by atoms with Gasteiger partial charge in [-0.1, -0.05) is 6.08 Å². The number of sulfonamides is 1. The maximum absolute atomic E-state index is 12.7. The smallest absolute Gasteiger partial charge is 0.309 e. The van der Waals surface area contributed by atoms with Crippen LogP contribution in [0.1, 0.15) is 34.6 Å². The minimum atomic E-state index is -3.63. The fraction of sp³-hybridized carbons (Fsp3) is 0.409. The second kappa shape index (κ2) is 9.57. The fourth-order valence-electron chi connectivity index (χ4n) is 3.81. The van der Waals surface area contributed by atoms with E-state index in [4.69, 9.17) is 4.74 Å². The van der Waals surface area contributed by atoms with E-state index in [2.05, 4.69) is 11.6 Å². The van der Waals surface area contributed by atoms with Crippen molar-refractivity contribution in [3.8, 4) is 0 Å². The van der Waals surface area contributed by atoms with Gasteiger partial charge in [-0.05, 0) is 44.9 Å². The molecule has 0 aromatic carbocycles. The molecule has 1 saturated heterocycles. The van der Waals surface area contributed by atoms with Crippen molar-refractivity contribution in [2.75, 3.05) is 19.7 Å². The Kier molecular flexibility index (Phi) is 7.07. The third-order valence-electron chi connectivity index (χ3n) is 5.59. The summed E-state index contributed by atoms with van der Waals surface area (Å²) in [6.45, 7) is 8.19. The van der Waals surface area contributed by atoms with Crippen LogP contribution in [0.5, 0.6) is 0 Å². The van der Waals surface area contributed by atoms with Gasteiger partial charge in [-0.2, -0.15) is 4.31 Å². The predicted molar refractivity (Wildman–Crippen MR) is 115 cm³/mol. The van der Waals surface area contributed by atoms with E-state index >= 15 is 0 Å². The van der Waals surface area contributed by atoms with Crippen LogP contribution < -0.4 is 0 Å². The summed E-state index contributed by atoms with van der Waals surface area (Å²) in [5, 5.41) is 0. The van der Waals surface area contributed by atoms with Gasteiger partial charge in [0.25, 0.3) is 0 Å². The lowest BCUT2D eigenvalue weighted by Gasteiger charge is -2.29. The number of aromatic nitrogens is 2. The van der Waals surface area contributed by atoms with Crippen molar-refractivity contribution in [3.63, 3.8) is 0 Å². The highest BCUT2D eigenvalue weighted by atomic mass is 32.2. The van der Waals surface area contributed by atoms with Crippen molar-refractivity contribution in [2.24, 2.45) is 5.92 Å². The molecule has 0 saturated carbocycles. The number of ether oxygens (including phenoxy) is 1. The summed E-state index contributed by atoms with van der Waals surface area (Å²) in [4.78, 5) is 29.0. The number of Topliss-reactive ketones (excluding diaryl/α,β-unsaturated/α-hetero) is 1. The molecule has 0 amide bonds. The number of piperidine rings is 1. The lowest BCUT2D eigenvalue weighted by Crippen LogP contribution is -2.40. The molecule has 166 valence electrons. The molecule has 0 aliphatic carbocycles. The van der Waals surface area contributed by atoms with Crippen molar-refractivity contribution >= 4 is 21.8 Å². The number of allylic oxidation sites excluding steroid dienone is 1. The Morgan fingerprint density at radius 2 is 2.00 bits per heavy atom. The van der Waals surface area contributed by atoms with Gasteiger partial charge in [0.2, 0.25) is 15.8 Å². The highest BCUT2D eigenvalue weighted by Crippen LogP contribution is 2.24. The summed E-state index contributed by atoms with van der Waals surface area (Å²) >= 11 is 0. The molecule has 0 atom stereocenters. The van der Waals surface area contributed by atoms with E-state index in [1.165, 1.54) is 22.8 Å². The van der Waals surface area contributed by atoms with Crippen molar-refractivity contribution < 1.29 is 22.7 Å². The van der Waals surface area contributed by atoms with Crippen molar-refractivity contribution in [2.45, 2.75) is 38.1 Å². The second-order valence-electron chi connectivity index (χ2n) is 7.58. The molecular formula is C22H27N3O5S. The first-order valence-corrected chi connectivity index (χ1v) is 11.6. The van der Waals surface area contributed by atoms with Gasteiger partial charge in [0.05, 0.1) is 5.92 Å². The SMILES string of the molecule is C=CCn1c(C)cc(C(=O)COC(=O)C2CCN(S(=O)(=O)c3cccnc3)CC2)c1C. The van der Waals surface area contributed by atoms with Crippen LogP contribution in [0.2, 0.25) is 0 Å². The minimum absolute atomic E-state index is 0.135.